The number of rotatable bonds is 6. The summed E-state index contributed by atoms with van der Waals surface area (Å²) in [6.45, 7) is 6.42. The average Bonchev–Trinajstić information content (AvgIpc) is 2.55. The smallest absolute Gasteiger partial charge is 0.312 e. The Hall–Kier alpha value is -2.89. The second kappa shape index (κ2) is 6.70. The standard InChI is InChI=1S/C18H20N2O4/c1-4-18(2,3)13-6-8-14(9-7-13)24-16-10-5-12(17(19)21)11-15(16)20(22)23/h5-11H,4H2,1-3H3,(H2,19,21). The molecule has 24 heavy (non-hydrogen) atoms. The normalized spacial score (nSPS) is 11.1. The number of carbonyl (C=O) groups excluding carboxylic acids is 1. The van der Waals surface area contributed by atoms with Crippen LogP contribution >= 0.6 is 0 Å². The first kappa shape index (κ1) is 17.5. The molecule has 2 aromatic rings. The summed E-state index contributed by atoms with van der Waals surface area (Å²) < 4.78 is 5.61. The van der Waals surface area contributed by atoms with Crippen LogP contribution in [0.25, 0.3) is 0 Å². The molecule has 0 atom stereocenters. The zero-order valence-corrected chi connectivity index (χ0v) is 13.9. The van der Waals surface area contributed by atoms with E-state index >= 15 is 0 Å². The number of nitro groups is 1. The van der Waals surface area contributed by atoms with Gasteiger partial charge in [-0.1, -0.05) is 32.9 Å². The summed E-state index contributed by atoms with van der Waals surface area (Å²) in [4.78, 5) is 21.7. The average molecular weight is 328 g/mol. The quantitative estimate of drug-likeness (QED) is 0.635. The van der Waals surface area contributed by atoms with Crippen molar-refractivity contribution >= 4 is 11.6 Å². The van der Waals surface area contributed by atoms with Gasteiger partial charge < -0.3 is 10.5 Å². The van der Waals surface area contributed by atoms with Crippen molar-refractivity contribution in [3.05, 3.63) is 63.7 Å². The lowest BCUT2D eigenvalue weighted by molar-refractivity contribution is -0.385. The van der Waals surface area contributed by atoms with E-state index in [0.29, 0.717) is 5.75 Å². The van der Waals surface area contributed by atoms with Crippen molar-refractivity contribution in [3.63, 3.8) is 0 Å². The van der Waals surface area contributed by atoms with Crippen molar-refractivity contribution < 1.29 is 14.5 Å². The highest BCUT2D eigenvalue weighted by molar-refractivity contribution is 5.93. The van der Waals surface area contributed by atoms with Crippen LogP contribution in [0.2, 0.25) is 0 Å². The van der Waals surface area contributed by atoms with Crippen LogP contribution in [0.5, 0.6) is 11.5 Å². The summed E-state index contributed by atoms with van der Waals surface area (Å²) in [5.41, 5.74) is 6.13. The number of carbonyl (C=O) groups is 1. The highest BCUT2D eigenvalue weighted by Gasteiger charge is 2.20. The molecule has 0 aliphatic carbocycles. The number of primary amides is 1. The topological polar surface area (TPSA) is 95.5 Å². The fourth-order valence-corrected chi connectivity index (χ4v) is 2.20. The Bertz CT molecular complexity index is 767. The summed E-state index contributed by atoms with van der Waals surface area (Å²) in [6, 6.07) is 11.3. The number of amides is 1. The summed E-state index contributed by atoms with van der Waals surface area (Å²) >= 11 is 0. The Morgan fingerprint density at radius 1 is 1.21 bits per heavy atom. The Morgan fingerprint density at radius 3 is 2.33 bits per heavy atom. The Balaban J connectivity index is 2.31. The third-order valence-corrected chi connectivity index (χ3v) is 4.19. The van der Waals surface area contributed by atoms with Crippen LogP contribution in [0.3, 0.4) is 0 Å². The van der Waals surface area contributed by atoms with Crippen LogP contribution in [0.4, 0.5) is 5.69 Å². The summed E-state index contributed by atoms with van der Waals surface area (Å²) in [5.74, 6) is -0.177. The van der Waals surface area contributed by atoms with Crippen molar-refractivity contribution in [1.29, 1.82) is 0 Å². The van der Waals surface area contributed by atoms with Crippen molar-refractivity contribution in [2.45, 2.75) is 32.6 Å². The minimum atomic E-state index is -0.726. The molecule has 2 rings (SSSR count). The van der Waals surface area contributed by atoms with Gasteiger partial charge in [0.25, 0.3) is 0 Å². The molecule has 0 aromatic heterocycles. The minimum absolute atomic E-state index is 0.0493. The van der Waals surface area contributed by atoms with E-state index in [2.05, 4.69) is 20.8 Å². The summed E-state index contributed by atoms with van der Waals surface area (Å²) in [5, 5.41) is 11.2. The first-order valence-corrected chi connectivity index (χ1v) is 7.61. The number of nitrogens with two attached hydrogens (primary N) is 1. The maximum Gasteiger partial charge on any atom is 0.312 e. The van der Waals surface area contributed by atoms with Gasteiger partial charge in [-0.2, -0.15) is 0 Å². The first-order chi connectivity index (χ1) is 11.2. The van der Waals surface area contributed by atoms with Crippen LogP contribution in [0.1, 0.15) is 43.1 Å². The van der Waals surface area contributed by atoms with Gasteiger partial charge in [-0.15, -0.1) is 0 Å². The SMILES string of the molecule is CCC(C)(C)c1ccc(Oc2ccc(C(N)=O)cc2[N+](=O)[O-])cc1. The predicted molar refractivity (Wildman–Crippen MR) is 91.4 cm³/mol. The Kier molecular flexibility index (Phi) is 4.87. The molecule has 0 heterocycles. The van der Waals surface area contributed by atoms with Crippen LogP contribution in [0.15, 0.2) is 42.5 Å². The van der Waals surface area contributed by atoms with E-state index in [1.54, 1.807) is 12.1 Å². The van der Waals surface area contributed by atoms with Crippen LogP contribution < -0.4 is 10.5 Å². The van der Waals surface area contributed by atoms with Gasteiger partial charge in [-0.25, -0.2) is 0 Å². The molecule has 0 saturated heterocycles. The summed E-state index contributed by atoms with van der Waals surface area (Å²) in [6.07, 6.45) is 0.993. The monoisotopic (exact) mass is 328 g/mol. The maximum absolute atomic E-state index is 11.2. The molecule has 6 nitrogen and oxygen atoms in total. The molecule has 0 bridgehead atoms. The van der Waals surface area contributed by atoms with Crippen LogP contribution in [0, 0.1) is 10.1 Å². The zero-order chi connectivity index (χ0) is 17.9. The van der Waals surface area contributed by atoms with Gasteiger partial charge in [0, 0.05) is 11.6 Å². The lowest BCUT2D eigenvalue weighted by Gasteiger charge is -2.23. The van der Waals surface area contributed by atoms with E-state index in [0.717, 1.165) is 18.1 Å². The molecule has 0 unspecified atom stereocenters. The van der Waals surface area contributed by atoms with Crippen molar-refractivity contribution in [1.82, 2.24) is 0 Å². The number of nitrogens with zero attached hydrogens (tertiary/aromatic N) is 1. The number of nitro benzene ring substituents is 1. The largest absolute Gasteiger partial charge is 0.450 e. The number of benzene rings is 2. The number of hydrogen-bond acceptors (Lipinski definition) is 4. The first-order valence-electron chi connectivity index (χ1n) is 7.61. The van der Waals surface area contributed by atoms with Gasteiger partial charge >= 0.3 is 5.69 Å². The van der Waals surface area contributed by atoms with Gasteiger partial charge in [0.05, 0.1) is 4.92 Å². The fourth-order valence-electron chi connectivity index (χ4n) is 2.20. The highest BCUT2D eigenvalue weighted by Crippen LogP contribution is 2.34. The molecule has 0 aliphatic rings. The zero-order valence-electron chi connectivity index (χ0n) is 13.9. The molecule has 126 valence electrons. The summed E-state index contributed by atoms with van der Waals surface area (Å²) in [7, 11) is 0. The molecule has 2 aromatic carbocycles. The van der Waals surface area contributed by atoms with Crippen LogP contribution in [-0.2, 0) is 5.41 Å². The second-order valence-corrected chi connectivity index (χ2v) is 6.17. The van der Waals surface area contributed by atoms with Crippen molar-refractivity contribution in [3.8, 4) is 11.5 Å². The van der Waals surface area contributed by atoms with E-state index < -0.39 is 10.8 Å². The Labute approximate surface area is 140 Å². The van der Waals surface area contributed by atoms with E-state index in [-0.39, 0.29) is 22.4 Å². The van der Waals surface area contributed by atoms with Gasteiger partial charge in [-0.05, 0) is 41.7 Å². The van der Waals surface area contributed by atoms with E-state index in [4.69, 9.17) is 10.5 Å². The highest BCUT2D eigenvalue weighted by atomic mass is 16.6. The molecule has 2 N–H and O–H groups in total. The van der Waals surface area contributed by atoms with E-state index in [1.807, 2.05) is 12.1 Å². The lowest BCUT2D eigenvalue weighted by Crippen LogP contribution is -2.14. The molecule has 0 spiro atoms. The molecule has 0 aliphatic heterocycles. The van der Waals surface area contributed by atoms with E-state index in [1.165, 1.54) is 12.1 Å². The van der Waals surface area contributed by atoms with Crippen LogP contribution in [-0.4, -0.2) is 10.8 Å². The van der Waals surface area contributed by atoms with E-state index in [9.17, 15) is 14.9 Å². The maximum atomic E-state index is 11.2. The number of hydrogen-bond donors (Lipinski definition) is 1. The lowest BCUT2D eigenvalue weighted by atomic mass is 9.82. The van der Waals surface area contributed by atoms with Gasteiger partial charge in [0.2, 0.25) is 11.7 Å². The molecule has 0 fully saturated rings. The van der Waals surface area contributed by atoms with Crippen molar-refractivity contribution in [2.24, 2.45) is 5.73 Å². The molecule has 0 saturated carbocycles. The minimum Gasteiger partial charge on any atom is -0.450 e. The third-order valence-electron chi connectivity index (χ3n) is 4.19. The van der Waals surface area contributed by atoms with Crippen molar-refractivity contribution in [2.75, 3.05) is 0 Å². The molecular weight excluding hydrogens is 308 g/mol. The Morgan fingerprint density at radius 2 is 1.83 bits per heavy atom. The van der Waals surface area contributed by atoms with Gasteiger partial charge in [0.15, 0.2) is 0 Å². The van der Waals surface area contributed by atoms with Gasteiger partial charge in [0.1, 0.15) is 5.75 Å². The third kappa shape index (κ3) is 3.71. The molecule has 1 amide bonds. The number of ether oxygens (including phenoxy) is 1. The molecule has 6 heteroatoms. The predicted octanol–water partition coefficient (Wildman–Crippen LogP) is 4.17. The molecule has 0 radical (unpaired) electrons. The second-order valence-electron chi connectivity index (χ2n) is 6.17. The van der Waals surface area contributed by atoms with Gasteiger partial charge in [-0.3, -0.25) is 14.9 Å². The fraction of sp³-hybridized carbons (Fsp3) is 0.278. The molecular formula is C18H20N2O4.